The fraction of sp³-hybridized carbons (Fsp3) is 0.333. The summed E-state index contributed by atoms with van der Waals surface area (Å²) < 4.78 is 0. The number of hydrogen-bond acceptors (Lipinski definition) is 2. The Balaban J connectivity index is 0.000000461. The van der Waals surface area contributed by atoms with Gasteiger partial charge in [-0.2, -0.15) is 0 Å². The number of rotatable bonds is 1. The molecule has 0 saturated carbocycles. The molecule has 14 heavy (non-hydrogen) atoms. The van der Waals surface area contributed by atoms with E-state index in [1.54, 1.807) is 6.20 Å². The largest absolute Gasteiger partial charge is 0.259 e. The molecule has 74 valence electrons. The zero-order chi connectivity index (χ0) is 10.2. The molecule has 1 aliphatic heterocycles. The maximum atomic E-state index is 4.27. The molecule has 1 aliphatic rings. The van der Waals surface area contributed by atoms with Gasteiger partial charge in [0.15, 0.2) is 0 Å². The van der Waals surface area contributed by atoms with E-state index in [9.17, 15) is 0 Å². The molecule has 0 amide bonds. The molecule has 0 bridgehead atoms. The molecule has 2 rings (SSSR count). The van der Waals surface area contributed by atoms with Crippen molar-refractivity contribution in [1.82, 2.24) is 4.98 Å². The summed E-state index contributed by atoms with van der Waals surface area (Å²) in [6.07, 6.45) is 8.00. The van der Waals surface area contributed by atoms with Crippen molar-refractivity contribution in [2.45, 2.75) is 26.7 Å². The van der Waals surface area contributed by atoms with Crippen LogP contribution in [0.3, 0.4) is 0 Å². The van der Waals surface area contributed by atoms with E-state index in [1.807, 2.05) is 38.3 Å². The quantitative estimate of drug-likeness (QED) is 0.663. The fourth-order valence-corrected chi connectivity index (χ4v) is 1.20. The van der Waals surface area contributed by atoms with Gasteiger partial charge < -0.3 is 0 Å². The van der Waals surface area contributed by atoms with Crippen LogP contribution in [-0.4, -0.2) is 11.2 Å². The fourth-order valence-electron chi connectivity index (χ4n) is 1.20. The van der Waals surface area contributed by atoms with Crippen LogP contribution in [0, 0.1) is 0 Å². The Hall–Kier alpha value is -1.44. The normalized spacial score (nSPS) is 14.0. The van der Waals surface area contributed by atoms with Crippen LogP contribution in [0.1, 0.15) is 32.4 Å². The Labute approximate surface area is 85.4 Å². The van der Waals surface area contributed by atoms with Crippen molar-refractivity contribution in [3.63, 3.8) is 0 Å². The van der Waals surface area contributed by atoms with Crippen molar-refractivity contribution in [1.29, 1.82) is 0 Å². The standard InChI is InChI=1S/C10H10N2.C2H6/c1-3-7-11-9(5-1)10-6-2-4-8-12-10;1-2/h1,3,5-8H,2,4H2;1-2H3. The molecule has 0 aromatic carbocycles. The van der Waals surface area contributed by atoms with E-state index in [0.717, 1.165) is 24.2 Å². The number of pyridine rings is 1. The van der Waals surface area contributed by atoms with E-state index in [4.69, 9.17) is 0 Å². The summed E-state index contributed by atoms with van der Waals surface area (Å²) in [5.41, 5.74) is 1.97. The van der Waals surface area contributed by atoms with E-state index in [2.05, 4.69) is 16.1 Å². The van der Waals surface area contributed by atoms with Gasteiger partial charge in [0.05, 0.1) is 11.4 Å². The van der Waals surface area contributed by atoms with E-state index >= 15 is 0 Å². The summed E-state index contributed by atoms with van der Waals surface area (Å²) >= 11 is 0. The third-order valence-corrected chi connectivity index (χ3v) is 1.79. The first-order chi connectivity index (χ1) is 6.97. The molecule has 0 N–H and O–H groups in total. The summed E-state index contributed by atoms with van der Waals surface area (Å²) in [6, 6.07) is 5.87. The van der Waals surface area contributed by atoms with Gasteiger partial charge in [-0.05, 0) is 25.0 Å². The first-order valence-electron chi connectivity index (χ1n) is 5.11. The summed E-state index contributed by atoms with van der Waals surface area (Å²) in [5, 5.41) is 0. The molecule has 1 aromatic rings. The van der Waals surface area contributed by atoms with Crippen molar-refractivity contribution in [2.75, 3.05) is 0 Å². The van der Waals surface area contributed by atoms with Gasteiger partial charge in [0.25, 0.3) is 0 Å². The molecule has 2 nitrogen and oxygen atoms in total. The first-order valence-corrected chi connectivity index (χ1v) is 5.11. The Morgan fingerprint density at radius 1 is 1.14 bits per heavy atom. The highest BCUT2D eigenvalue weighted by Gasteiger charge is 2.01. The molecule has 0 fully saturated rings. The molecule has 0 aliphatic carbocycles. The van der Waals surface area contributed by atoms with Gasteiger partial charge in [0.1, 0.15) is 0 Å². The second-order valence-corrected chi connectivity index (χ2v) is 2.69. The highest BCUT2D eigenvalue weighted by molar-refractivity contribution is 5.74. The monoisotopic (exact) mass is 188 g/mol. The molecule has 0 unspecified atom stereocenters. The molecule has 2 heteroatoms. The second-order valence-electron chi connectivity index (χ2n) is 2.69. The lowest BCUT2D eigenvalue weighted by Gasteiger charge is -2.03. The van der Waals surface area contributed by atoms with Crippen LogP contribution in [-0.2, 0) is 0 Å². The summed E-state index contributed by atoms with van der Waals surface area (Å²) in [7, 11) is 0. The summed E-state index contributed by atoms with van der Waals surface area (Å²) in [5.74, 6) is 0. The van der Waals surface area contributed by atoms with Crippen LogP contribution in [0.2, 0.25) is 0 Å². The topological polar surface area (TPSA) is 25.2 Å². The van der Waals surface area contributed by atoms with Gasteiger partial charge in [-0.3, -0.25) is 9.98 Å². The number of hydrogen-bond donors (Lipinski definition) is 0. The minimum atomic E-state index is 0.966. The van der Waals surface area contributed by atoms with Gasteiger partial charge in [-0.1, -0.05) is 26.0 Å². The SMILES string of the molecule is C1=NC(c2ccccn2)=CCC1.CC. The predicted molar refractivity (Wildman–Crippen MR) is 61.3 cm³/mol. The highest BCUT2D eigenvalue weighted by Crippen LogP contribution is 2.16. The maximum absolute atomic E-state index is 4.27. The zero-order valence-electron chi connectivity index (χ0n) is 8.77. The molecule has 0 atom stereocenters. The molecule has 0 saturated heterocycles. The van der Waals surface area contributed by atoms with Crippen LogP contribution in [0.5, 0.6) is 0 Å². The predicted octanol–water partition coefficient (Wildman–Crippen LogP) is 3.31. The third kappa shape index (κ3) is 2.80. The molecule has 0 radical (unpaired) electrons. The van der Waals surface area contributed by atoms with Crippen LogP contribution in [0.25, 0.3) is 5.70 Å². The average molecular weight is 188 g/mol. The Morgan fingerprint density at radius 2 is 2.00 bits per heavy atom. The van der Waals surface area contributed by atoms with Crippen molar-refractivity contribution in [2.24, 2.45) is 4.99 Å². The lowest BCUT2D eigenvalue weighted by atomic mass is 10.2. The van der Waals surface area contributed by atoms with Crippen LogP contribution >= 0.6 is 0 Å². The van der Waals surface area contributed by atoms with Crippen molar-refractivity contribution in [3.8, 4) is 0 Å². The molecule has 1 aromatic heterocycles. The minimum absolute atomic E-state index is 0.966. The number of allylic oxidation sites excluding steroid dienone is 1. The summed E-state index contributed by atoms with van der Waals surface area (Å²) in [6.45, 7) is 4.00. The minimum Gasteiger partial charge on any atom is -0.259 e. The lowest BCUT2D eigenvalue weighted by molar-refractivity contribution is 1.08. The van der Waals surface area contributed by atoms with E-state index in [1.165, 1.54) is 0 Å². The van der Waals surface area contributed by atoms with Crippen LogP contribution in [0.4, 0.5) is 0 Å². The van der Waals surface area contributed by atoms with Crippen molar-refractivity contribution >= 4 is 11.9 Å². The van der Waals surface area contributed by atoms with E-state index < -0.39 is 0 Å². The number of aromatic nitrogens is 1. The Kier molecular flexibility index (Phi) is 4.62. The maximum Gasteiger partial charge on any atom is 0.0882 e. The molecular weight excluding hydrogens is 172 g/mol. The van der Waals surface area contributed by atoms with E-state index in [0.29, 0.717) is 0 Å². The van der Waals surface area contributed by atoms with Gasteiger partial charge >= 0.3 is 0 Å². The zero-order valence-corrected chi connectivity index (χ0v) is 8.77. The number of aliphatic imine (C=N–C) groups is 1. The lowest BCUT2D eigenvalue weighted by Crippen LogP contribution is -1.90. The first kappa shape index (κ1) is 10.6. The van der Waals surface area contributed by atoms with Crippen LogP contribution < -0.4 is 0 Å². The molecule has 0 spiro atoms. The highest BCUT2D eigenvalue weighted by atomic mass is 14.8. The van der Waals surface area contributed by atoms with Gasteiger partial charge in [0.2, 0.25) is 0 Å². The number of nitrogens with zero attached hydrogens (tertiary/aromatic N) is 2. The second kappa shape index (κ2) is 6.08. The Bertz CT molecular complexity index is 312. The molecule has 2 heterocycles. The van der Waals surface area contributed by atoms with Gasteiger partial charge in [-0.15, -0.1) is 0 Å². The smallest absolute Gasteiger partial charge is 0.0882 e. The van der Waals surface area contributed by atoms with Gasteiger partial charge in [-0.25, -0.2) is 0 Å². The van der Waals surface area contributed by atoms with Crippen LogP contribution in [0.15, 0.2) is 35.5 Å². The Morgan fingerprint density at radius 3 is 2.57 bits per heavy atom. The van der Waals surface area contributed by atoms with Crippen molar-refractivity contribution in [3.05, 3.63) is 36.2 Å². The average Bonchev–Trinajstić information content (AvgIpc) is 2.34. The van der Waals surface area contributed by atoms with Gasteiger partial charge in [0, 0.05) is 12.4 Å². The van der Waals surface area contributed by atoms with E-state index in [-0.39, 0.29) is 0 Å². The van der Waals surface area contributed by atoms with Crippen molar-refractivity contribution < 1.29 is 0 Å². The molecular formula is C12H16N2. The summed E-state index contributed by atoms with van der Waals surface area (Å²) in [4.78, 5) is 8.49. The third-order valence-electron chi connectivity index (χ3n) is 1.79.